The van der Waals surface area contributed by atoms with Gasteiger partial charge in [-0.25, -0.2) is 4.79 Å². The number of aliphatic carboxylic acids is 1. The number of rotatable bonds is 4. The van der Waals surface area contributed by atoms with Crippen LogP contribution in [0, 0.1) is 0 Å². The number of carboxylic acids is 1. The van der Waals surface area contributed by atoms with Crippen LogP contribution in [0.2, 0.25) is 0 Å². The maximum atomic E-state index is 11.0. The number of halogens is 1. The summed E-state index contributed by atoms with van der Waals surface area (Å²) in [6.07, 6.45) is 0. The Kier molecular flexibility index (Phi) is 3.93. The summed E-state index contributed by atoms with van der Waals surface area (Å²) in [5, 5.41) is 11.0. The normalized spacial score (nSPS) is 9.40. The van der Waals surface area contributed by atoms with Gasteiger partial charge in [0, 0.05) is 5.69 Å². The smallest absolute Gasteiger partial charge is 0.356 e. The van der Waals surface area contributed by atoms with Crippen LogP contribution in [0.3, 0.4) is 0 Å². The van der Waals surface area contributed by atoms with Crippen LogP contribution in [0.15, 0.2) is 24.3 Å². The lowest BCUT2D eigenvalue weighted by molar-refractivity contribution is -0.134. The molecule has 0 amide bonds. The minimum atomic E-state index is -0.986. The van der Waals surface area contributed by atoms with Crippen molar-refractivity contribution >= 4 is 29.5 Å². The second-order valence-corrected chi connectivity index (χ2v) is 2.85. The van der Waals surface area contributed by atoms with Gasteiger partial charge in [0.15, 0.2) is 0 Å². The first-order chi connectivity index (χ1) is 7.13. The van der Waals surface area contributed by atoms with Gasteiger partial charge >= 0.3 is 11.9 Å². The first-order valence-corrected chi connectivity index (χ1v) is 4.33. The molecule has 0 saturated carbocycles. The van der Waals surface area contributed by atoms with E-state index in [1.807, 2.05) is 0 Å². The number of nitrogens with one attached hydrogen (secondary N) is 1. The molecule has 0 unspecified atom stereocenters. The molecule has 0 aliphatic heterocycles. The number of hydrogen-bond donors (Lipinski definition) is 2. The summed E-state index contributed by atoms with van der Waals surface area (Å²) in [7, 11) is 0. The summed E-state index contributed by atoms with van der Waals surface area (Å²) in [6.45, 7) is -0.223. The van der Waals surface area contributed by atoms with Crippen molar-refractivity contribution in [2.45, 2.75) is 0 Å². The maximum Gasteiger partial charge on any atom is 0.356 e. The molecule has 0 bridgehead atoms. The van der Waals surface area contributed by atoms with E-state index in [2.05, 4.69) is 9.61 Å². The maximum absolute atomic E-state index is 11.0. The van der Waals surface area contributed by atoms with Gasteiger partial charge in [-0.15, -0.1) is 0 Å². The Morgan fingerprint density at radius 2 is 2.20 bits per heavy atom. The Morgan fingerprint density at radius 1 is 1.47 bits per heavy atom. The zero-order valence-corrected chi connectivity index (χ0v) is 8.32. The van der Waals surface area contributed by atoms with Gasteiger partial charge in [-0.2, -0.15) is 0 Å². The van der Waals surface area contributed by atoms with E-state index in [-0.39, 0.29) is 12.1 Å². The van der Waals surface area contributed by atoms with Crippen LogP contribution < -0.4 is 5.32 Å². The van der Waals surface area contributed by atoms with Gasteiger partial charge in [-0.05, 0) is 18.2 Å². The number of carbonyl (C=O) groups excluding carboxylic acids is 1. The molecule has 1 aromatic rings. The molecule has 80 valence electrons. The van der Waals surface area contributed by atoms with Gasteiger partial charge in [-0.1, -0.05) is 6.07 Å². The molecule has 0 fully saturated rings. The molecule has 1 aromatic carbocycles. The molecule has 0 aromatic heterocycles. The number of carbonyl (C=O) groups is 2. The van der Waals surface area contributed by atoms with Crippen molar-refractivity contribution in [1.29, 1.82) is 0 Å². The van der Waals surface area contributed by atoms with Gasteiger partial charge in [-0.3, -0.25) is 4.79 Å². The zero-order valence-electron chi connectivity index (χ0n) is 7.57. The minimum absolute atomic E-state index is 0.223. The largest absolute Gasteiger partial charge is 0.480 e. The van der Waals surface area contributed by atoms with E-state index < -0.39 is 11.9 Å². The Labute approximate surface area is 90.8 Å². The molecule has 2 N–H and O–H groups in total. The molecule has 1 rings (SSSR count). The predicted molar refractivity (Wildman–Crippen MR) is 53.8 cm³/mol. The molecule has 0 radical (unpaired) electrons. The van der Waals surface area contributed by atoms with Crippen molar-refractivity contribution in [1.82, 2.24) is 0 Å². The quantitative estimate of drug-likeness (QED) is 0.818. The van der Waals surface area contributed by atoms with E-state index in [4.69, 9.17) is 17.0 Å². The van der Waals surface area contributed by atoms with Gasteiger partial charge in [0.2, 0.25) is 0 Å². The lowest BCUT2D eigenvalue weighted by Gasteiger charge is -2.04. The lowest BCUT2D eigenvalue weighted by atomic mass is 10.2. The van der Waals surface area contributed by atoms with Gasteiger partial charge in [0.1, 0.15) is 18.4 Å². The molecule has 5 nitrogen and oxygen atoms in total. The van der Waals surface area contributed by atoms with E-state index in [0.717, 1.165) is 0 Å². The molecule has 0 aliphatic rings. The van der Waals surface area contributed by atoms with Crippen molar-refractivity contribution in [2.24, 2.45) is 0 Å². The molecular formula is C9H8ClNO4. The zero-order chi connectivity index (χ0) is 11.3. The van der Waals surface area contributed by atoms with Crippen LogP contribution in [0.5, 0.6) is 0 Å². The highest BCUT2D eigenvalue weighted by Gasteiger charge is 2.06. The number of carboxylic acid groups (broad SMARTS) is 1. The Morgan fingerprint density at radius 3 is 2.80 bits per heavy atom. The average molecular weight is 230 g/mol. The second kappa shape index (κ2) is 5.21. The van der Waals surface area contributed by atoms with E-state index in [9.17, 15) is 9.59 Å². The Balaban J connectivity index is 2.74. The van der Waals surface area contributed by atoms with Gasteiger partial charge in [0.05, 0.1) is 5.56 Å². The monoisotopic (exact) mass is 229 g/mol. The van der Waals surface area contributed by atoms with Crippen molar-refractivity contribution in [3.63, 3.8) is 0 Å². The van der Waals surface area contributed by atoms with E-state index in [1.54, 1.807) is 12.1 Å². The SMILES string of the molecule is O=C(O)CNc1cccc(C(=O)OCl)c1. The average Bonchev–Trinajstić information content (AvgIpc) is 2.25. The molecule has 0 atom stereocenters. The van der Waals surface area contributed by atoms with Crippen LogP contribution >= 0.6 is 11.9 Å². The third-order valence-electron chi connectivity index (χ3n) is 1.61. The van der Waals surface area contributed by atoms with E-state index >= 15 is 0 Å². The molecule has 0 spiro atoms. The molecule has 6 heteroatoms. The molecule has 15 heavy (non-hydrogen) atoms. The fourth-order valence-electron chi connectivity index (χ4n) is 0.978. The molecule has 0 aliphatic carbocycles. The summed E-state index contributed by atoms with van der Waals surface area (Å²) >= 11 is 4.90. The Hall–Kier alpha value is -1.75. The standard InChI is InChI=1S/C9H8ClNO4/c10-15-9(14)6-2-1-3-7(4-6)11-5-8(12)13/h1-4,11H,5H2,(H,12,13). The third kappa shape index (κ3) is 3.47. The summed E-state index contributed by atoms with van der Waals surface area (Å²) in [4.78, 5) is 21.3. The highest BCUT2D eigenvalue weighted by atomic mass is 35.5. The minimum Gasteiger partial charge on any atom is -0.480 e. The van der Waals surface area contributed by atoms with Crippen molar-refractivity contribution in [2.75, 3.05) is 11.9 Å². The van der Waals surface area contributed by atoms with Crippen molar-refractivity contribution in [3.05, 3.63) is 29.8 Å². The first kappa shape index (κ1) is 11.3. The lowest BCUT2D eigenvalue weighted by Crippen LogP contribution is -2.12. The van der Waals surface area contributed by atoms with Crippen LogP contribution in [0.25, 0.3) is 0 Å². The van der Waals surface area contributed by atoms with Crippen LogP contribution in [0.1, 0.15) is 10.4 Å². The molecule has 0 heterocycles. The second-order valence-electron chi connectivity index (χ2n) is 2.69. The molecule has 0 saturated heterocycles. The van der Waals surface area contributed by atoms with Gasteiger partial charge < -0.3 is 14.7 Å². The van der Waals surface area contributed by atoms with E-state index in [1.165, 1.54) is 12.1 Å². The van der Waals surface area contributed by atoms with E-state index in [0.29, 0.717) is 5.69 Å². The molecular weight excluding hydrogens is 222 g/mol. The number of benzene rings is 1. The third-order valence-corrected chi connectivity index (χ3v) is 1.75. The summed E-state index contributed by atoms with van der Waals surface area (Å²) in [5.41, 5.74) is 0.761. The van der Waals surface area contributed by atoms with Crippen LogP contribution in [0.4, 0.5) is 5.69 Å². The van der Waals surface area contributed by atoms with Crippen LogP contribution in [-0.2, 0) is 9.08 Å². The predicted octanol–water partition coefficient (Wildman–Crippen LogP) is 1.49. The number of anilines is 1. The first-order valence-electron chi connectivity index (χ1n) is 4.02. The summed E-state index contributed by atoms with van der Waals surface area (Å²) in [6, 6.07) is 6.19. The highest BCUT2D eigenvalue weighted by molar-refractivity contribution is 6.15. The fourth-order valence-corrected chi connectivity index (χ4v) is 1.07. The van der Waals surface area contributed by atoms with Gasteiger partial charge in [0.25, 0.3) is 0 Å². The van der Waals surface area contributed by atoms with Crippen LogP contribution in [-0.4, -0.2) is 23.6 Å². The Bertz CT molecular complexity index is 380. The fraction of sp³-hybridized carbons (Fsp3) is 0.111. The van der Waals surface area contributed by atoms with Crippen molar-refractivity contribution < 1.29 is 19.0 Å². The summed E-state index contributed by atoms with van der Waals surface area (Å²) in [5.74, 6) is -1.67. The topological polar surface area (TPSA) is 75.6 Å². The number of hydrogen-bond acceptors (Lipinski definition) is 4. The highest BCUT2D eigenvalue weighted by Crippen LogP contribution is 2.11. The van der Waals surface area contributed by atoms with Crippen molar-refractivity contribution in [3.8, 4) is 0 Å². The summed E-state index contributed by atoms with van der Waals surface area (Å²) < 4.78 is 4.01.